The van der Waals surface area contributed by atoms with E-state index >= 15 is 0 Å². The molecule has 1 fully saturated rings. The molecule has 6 nitrogen and oxygen atoms in total. The van der Waals surface area contributed by atoms with Crippen molar-refractivity contribution >= 4 is 12.6 Å². The fourth-order valence-corrected chi connectivity index (χ4v) is 3.04. The first-order chi connectivity index (χ1) is 13.7. The summed E-state index contributed by atoms with van der Waals surface area (Å²) in [6.45, 7) is 12.5. The van der Waals surface area contributed by atoms with E-state index in [0.717, 1.165) is 24.0 Å². The third-order valence-corrected chi connectivity index (χ3v) is 5.12. The van der Waals surface area contributed by atoms with Crippen molar-refractivity contribution in [2.24, 2.45) is 4.99 Å². The van der Waals surface area contributed by atoms with Crippen LogP contribution in [-0.4, -0.2) is 50.4 Å². The largest absolute Gasteiger partial charge is 0.493 e. The molecule has 29 heavy (non-hydrogen) atoms. The average Bonchev–Trinajstić information content (AvgIpc) is 3.43. The number of hydrogen-bond acceptors (Lipinski definition) is 5. The highest BCUT2D eigenvalue weighted by atomic mass is 16.5. The van der Waals surface area contributed by atoms with Crippen molar-refractivity contribution in [3.8, 4) is 11.5 Å². The Bertz CT molecular complexity index is 818. The number of allylic oxidation sites excluding steroid dienone is 1. The molecule has 1 N–H and O–H groups in total. The number of nitrogens with zero attached hydrogens (tertiary/aromatic N) is 2. The molecule has 158 valence electrons. The molecule has 6 heteroatoms. The first kappa shape index (κ1) is 22.5. The van der Waals surface area contributed by atoms with Gasteiger partial charge in [0.2, 0.25) is 0 Å². The molecular formula is C23H33N3O3. The van der Waals surface area contributed by atoms with Crippen LogP contribution < -0.4 is 14.8 Å². The van der Waals surface area contributed by atoms with E-state index < -0.39 is 0 Å². The maximum absolute atomic E-state index is 13.2. The van der Waals surface area contributed by atoms with E-state index in [1.54, 1.807) is 19.1 Å². The lowest BCUT2D eigenvalue weighted by atomic mass is 10.0. The molecule has 0 atom stereocenters. The van der Waals surface area contributed by atoms with Gasteiger partial charge in [-0.3, -0.25) is 4.79 Å². The zero-order valence-electron chi connectivity index (χ0n) is 18.5. The molecule has 2 rings (SSSR count). The van der Waals surface area contributed by atoms with Gasteiger partial charge in [-0.25, -0.2) is 4.99 Å². The number of hydrogen-bond donors (Lipinski definition) is 1. The van der Waals surface area contributed by atoms with Gasteiger partial charge in [-0.05, 0) is 59.4 Å². The van der Waals surface area contributed by atoms with Gasteiger partial charge in [-0.2, -0.15) is 0 Å². The molecule has 0 aliphatic heterocycles. The van der Waals surface area contributed by atoms with Crippen LogP contribution in [0, 0.1) is 0 Å². The molecule has 1 aromatic carbocycles. The molecule has 1 aliphatic carbocycles. The lowest BCUT2D eigenvalue weighted by Gasteiger charge is -2.23. The highest BCUT2D eigenvalue weighted by Gasteiger charge is 2.38. The number of likely N-dealkylation sites (N-methyl/N-ethyl adjacent to an activating group) is 1. The predicted molar refractivity (Wildman–Crippen MR) is 118 cm³/mol. The van der Waals surface area contributed by atoms with Crippen LogP contribution in [0.4, 0.5) is 0 Å². The minimum atomic E-state index is -0.0602. The second-order valence-corrected chi connectivity index (χ2v) is 7.92. The summed E-state index contributed by atoms with van der Waals surface area (Å²) in [5, 5.41) is 3.43. The molecule has 0 unspecified atom stereocenters. The van der Waals surface area contributed by atoms with Gasteiger partial charge in [0.05, 0.1) is 13.7 Å². The molecule has 1 aromatic rings. The number of aliphatic imine (C=N–C) groups is 1. The van der Waals surface area contributed by atoms with Gasteiger partial charge in [0.25, 0.3) is 5.91 Å². The van der Waals surface area contributed by atoms with E-state index in [0.29, 0.717) is 36.0 Å². The summed E-state index contributed by atoms with van der Waals surface area (Å²) in [4.78, 5) is 19.0. The SMILES string of the molecule is C=N/C(NC1(C)CC1)=C(\C)C(C(=O)N(C)CCOc1ccccc1OC)=C(C)C. The van der Waals surface area contributed by atoms with E-state index in [9.17, 15) is 4.79 Å². The molecular weight excluding hydrogens is 366 g/mol. The molecule has 0 aromatic heterocycles. The number of methoxy groups -OCH3 is 1. The van der Waals surface area contributed by atoms with Crippen molar-refractivity contribution in [2.45, 2.75) is 46.1 Å². The van der Waals surface area contributed by atoms with Crippen molar-refractivity contribution in [3.63, 3.8) is 0 Å². The van der Waals surface area contributed by atoms with Crippen LogP contribution in [0.5, 0.6) is 11.5 Å². The summed E-state index contributed by atoms with van der Waals surface area (Å²) in [6, 6.07) is 7.47. The lowest BCUT2D eigenvalue weighted by Crippen LogP contribution is -2.34. The monoisotopic (exact) mass is 399 g/mol. The highest BCUT2D eigenvalue weighted by molar-refractivity contribution is 5.98. The molecule has 0 spiro atoms. The van der Waals surface area contributed by atoms with Crippen LogP contribution >= 0.6 is 0 Å². The van der Waals surface area contributed by atoms with Crippen LogP contribution in [0.2, 0.25) is 0 Å². The van der Waals surface area contributed by atoms with E-state index in [1.165, 1.54) is 0 Å². The molecule has 0 saturated heterocycles. The summed E-state index contributed by atoms with van der Waals surface area (Å²) in [5.41, 5.74) is 2.47. The number of rotatable bonds is 10. The van der Waals surface area contributed by atoms with Gasteiger partial charge in [0.1, 0.15) is 12.4 Å². The zero-order valence-corrected chi connectivity index (χ0v) is 18.5. The van der Waals surface area contributed by atoms with Crippen LogP contribution in [0.1, 0.15) is 40.5 Å². The average molecular weight is 400 g/mol. The maximum Gasteiger partial charge on any atom is 0.254 e. The predicted octanol–water partition coefficient (Wildman–Crippen LogP) is 3.94. The van der Waals surface area contributed by atoms with E-state index in [-0.39, 0.29) is 11.4 Å². The van der Waals surface area contributed by atoms with Gasteiger partial charge in [-0.1, -0.05) is 17.7 Å². The van der Waals surface area contributed by atoms with Crippen molar-refractivity contribution in [2.75, 3.05) is 27.3 Å². The maximum atomic E-state index is 13.2. The number of para-hydroxylation sites is 2. The lowest BCUT2D eigenvalue weighted by molar-refractivity contribution is -0.126. The van der Waals surface area contributed by atoms with Crippen molar-refractivity contribution in [3.05, 3.63) is 46.8 Å². The van der Waals surface area contributed by atoms with E-state index in [2.05, 4.69) is 24.0 Å². The summed E-state index contributed by atoms with van der Waals surface area (Å²) in [7, 11) is 3.39. The Morgan fingerprint density at radius 3 is 2.38 bits per heavy atom. The molecule has 0 heterocycles. The van der Waals surface area contributed by atoms with Gasteiger partial charge in [0, 0.05) is 23.7 Å². The Morgan fingerprint density at radius 2 is 1.86 bits per heavy atom. The Hall–Kier alpha value is -2.76. The van der Waals surface area contributed by atoms with Crippen LogP contribution in [0.3, 0.4) is 0 Å². The zero-order chi connectivity index (χ0) is 21.6. The van der Waals surface area contributed by atoms with Gasteiger partial charge in [0.15, 0.2) is 11.5 Å². The Kier molecular flexibility index (Phi) is 7.48. The third-order valence-electron chi connectivity index (χ3n) is 5.12. The van der Waals surface area contributed by atoms with Crippen molar-refractivity contribution in [1.29, 1.82) is 0 Å². The Morgan fingerprint density at radius 1 is 1.24 bits per heavy atom. The molecule has 1 aliphatic rings. The van der Waals surface area contributed by atoms with Crippen LogP contribution in [0.15, 0.2) is 51.8 Å². The van der Waals surface area contributed by atoms with Gasteiger partial charge < -0.3 is 19.7 Å². The highest BCUT2D eigenvalue weighted by Crippen LogP contribution is 2.36. The standard InChI is InChI=1S/C23H33N3O3/c1-16(2)20(17(3)21(24-5)25-23(4)12-13-23)22(27)26(6)14-15-29-19-11-9-8-10-18(19)28-7/h8-11,25H,5,12-15H2,1-4,6-7H3/b21-17-. The molecule has 1 amide bonds. The quantitative estimate of drug-likeness (QED) is 0.368. The van der Waals surface area contributed by atoms with Crippen molar-refractivity contribution in [1.82, 2.24) is 10.2 Å². The number of ether oxygens (including phenoxy) is 2. The summed E-state index contributed by atoms with van der Waals surface area (Å²) >= 11 is 0. The first-order valence-corrected chi connectivity index (χ1v) is 9.87. The molecule has 0 bridgehead atoms. The molecule has 1 saturated carbocycles. The topological polar surface area (TPSA) is 63.2 Å². The van der Waals surface area contributed by atoms with Crippen LogP contribution in [0.25, 0.3) is 0 Å². The number of benzene rings is 1. The third kappa shape index (κ3) is 5.86. The van der Waals surface area contributed by atoms with Crippen LogP contribution in [-0.2, 0) is 4.79 Å². The smallest absolute Gasteiger partial charge is 0.254 e. The van der Waals surface area contributed by atoms with Gasteiger partial charge in [-0.15, -0.1) is 0 Å². The number of nitrogens with one attached hydrogen (secondary N) is 1. The summed E-state index contributed by atoms with van der Waals surface area (Å²) in [5.74, 6) is 1.95. The molecule has 0 radical (unpaired) electrons. The minimum Gasteiger partial charge on any atom is -0.493 e. The summed E-state index contributed by atoms with van der Waals surface area (Å²) < 4.78 is 11.1. The van der Waals surface area contributed by atoms with Gasteiger partial charge >= 0.3 is 0 Å². The first-order valence-electron chi connectivity index (χ1n) is 9.87. The Labute approximate surface area is 174 Å². The number of carbonyl (C=O) groups excluding carboxylic acids is 1. The van der Waals surface area contributed by atoms with E-state index in [4.69, 9.17) is 9.47 Å². The minimum absolute atomic E-state index is 0.0576. The second-order valence-electron chi connectivity index (χ2n) is 7.92. The fraction of sp³-hybridized carbons (Fsp3) is 0.478. The normalized spacial score (nSPS) is 15.0. The Balaban J connectivity index is 2.08. The summed E-state index contributed by atoms with van der Waals surface area (Å²) in [6.07, 6.45) is 2.19. The van der Waals surface area contributed by atoms with Crippen molar-refractivity contribution < 1.29 is 14.3 Å². The number of carbonyl (C=O) groups is 1. The second kappa shape index (κ2) is 9.63. The van der Waals surface area contributed by atoms with E-state index in [1.807, 2.05) is 45.0 Å². The fourth-order valence-electron chi connectivity index (χ4n) is 3.04. The number of amides is 1.